The maximum atomic E-state index is 12.3. The fourth-order valence-corrected chi connectivity index (χ4v) is 2.57. The van der Waals surface area contributed by atoms with Crippen molar-refractivity contribution < 1.29 is 9.53 Å². The molecule has 1 aromatic rings. The summed E-state index contributed by atoms with van der Waals surface area (Å²) in [5.74, 6) is 0.111. The fraction of sp³-hybridized carbons (Fsp3) is 0.500. The lowest BCUT2D eigenvalue weighted by atomic mass is 9.85. The van der Waals surface area contributed by atoms with Crippen LogP contribution in [-0.4, -0.2) is 19.6 Å². The summed E-state index contributed by atoms with van der Waals surface area (Å²) in [5.41, 5.74) is 0.205. The third-order valence-corrected chi connectivity index (χ3v) is 3.73. The second kappa shape index (κ2) is 5.29. The molecule has 18 heavy (non-hydrogen) atoms. The van der Waals surface area contributed by atoms with Crippen LogP contribution in [0.1, 0.15) is 25.3 Å². The minimum absolute atomic E-state index is 0.197. The van der Waals surface area contributed by atoms with Crippen LogP contribution in [0.3, 0.4) is 0 Å². The zero-order chi connectivity index (χ0) is 13.2. The van der Waals surface area contributed by atoms with Crippen molar-refractivity contribution in [2.45, 2.75) is 25.3 Å². The van der Waals surface area contributed by atoms with Crippen molar-refractivity contribution in [3.05, 3.63) is 34.9 Å². The lowest BCUT2D eigenvalue weighted by Gasteiger charge is -2.31. The van der Waals surface area contributed by atoms with Crippen LogP contribution in [0.4, 0.5) is 0 Å². The average Bonchev–Trinajstić information content (AvgIpc) is 3.18. The van der Waals surface area contributed by atoms with Gasteiger partial charge in [0.2, 0.25) is 0 Å². The molecule has 2 rings (SSSR count). The fourth-order valence-electron chi connectivity index (χ4n) is 2.44. The van der Waals surface area contributed by atoms with E-state index in [1.54, 1.807) is 0 Å². The van der Waals surface area contributed by atoms with E-state index in [1.807, 2.05) is 38.2 Å². The third kappa shape index (κ3) is 2.25. The number of ether oxygens (including phenoxy) is 1. The summed E-state index contributed by atoms with van der Waals surface area (Å²) in [6, 6.07) is 7.41. The van der Waals surface area contributed by atoms with Crippen molar-refractivity contribution in [2.75, 3.05) is 13.7 Å². The third-order valence-electron chi connectivity index (χ3n) is 3.48. The quantitative estimate of drug-likeness (QED) is 0.834. The average molecular weight is 268 g/mol. The van der Waals surface area contributed by atoms with Crippen molar-refractivity contribution in [1.29, 1.82) is 0 Å². The van der Waals surface area contributed by atoms with Gasteiger partial charge in [0.25, 0.3) is 0 Å². The summed E-state index contributed by atoms with van der Waals surface area (Å²) in [6.07, 6.45) is 2.09. The summed E-state index contributed by atoms with van der Waals surface area (Å²) >= 11 is 5.90. The first-order chi connectivity index (χ1) is 8.65. The van der Waals surface area contributed by atoms with E-state index >= 15 is 0 Å². The molecule has 0 amide bonds. The van der Waals surface area contributed by atoms with E-state index in [9.17, 15) is 4.79 Å². The number of benzene rings is 1. The van der Waals surface area contributed by atoms with E-state index in [0.29, 0.717) is 17.5 Å². The molecule has 1 aromatic carbocycles. The van der Waals surface area contributed by atoms with Crippen molar-refractivity contribution in [1.82, 2.24) is 5.32 Å². The number of nitrogens with one attached hydrogen (secondary N) is 1. The van der Waals surface area contributed by atoms with Gasteiger partial charge in [0.15, 0.2) is 0 Å². The van der Waals surface area contributed by atoms with E-state index in [4.69, 9.17) is 16.3 Å². The number of likely N-dealkylation sites (N-methyl/N-ethyl adjacent to an activating group) is 1. The van der Waals surface area contributed by atoms with E-state index in [2.05, 4.69) is 5.32 Å². The first-order valence-corrected chi connectivity index (χ1v) is 6.65. The van der Waals surface area contributed by atoms with Gasteiger partial charge in [0.1, 0.15) is 5.54 Å². The van der Waals surface area contributed by atoms with Crippen LogP contribution in [0.5, 0.6) is 0 Å². The molecule has 0 spiro atoms. The Labute approximate surface area is 112 Å². The minimum atomic E-state index is -0.722. The van der Waals surface area contributed by atoms with Crippen LogP contribution < -0.4 is 5.32 Å². The Morgan fingerprint density at radius 1 is 1.44 bits per heavy atom. The van der Waals surface area contributed by atoms with Crippen molar-refractivity contribution in [3.8, 4) is 0 Å². The van der Waals surface area contributed by atoms with Crippen molar-refractivity contribution in [2.24, 2.45) is 5.92 Å². The summed E-state index contributed by atoms with van der Waals surface area (Å²) < 4.78 is 5.25. The highest BCUT2D eigenvalue weighted by Gasteiger charge is 2.52. The van der Waals surface area contributed by atoms with Gasteiger partial charge < -0.3 is 10.1 Å². The van der Waals surface area contributed by atoms with Gasteiger partial charge in [-0.2, -0.15) is 0 Å². The van der Waals surface area contributed by atoms with E-state index in [-0.39, 0.29) is 5.97 Å². The first-order valence-electron chi connectivity index (χ1n) is 6.27. The topological polar surface area (TPSA) is 38.3 Å². The van der Waals surface area contributed by atoms with E-state index < -0.39 is 5.54 Å². The number of carbonyl (C=O) groups excluding carboxylic acids is 1. The van der Waals surface area contributed by atoms with Gasteiger partial charge in [-0.25, -0.2) is 4.79 Å². The molecular weight excluding hydrogens is 250 g/mol. The largest absolute Gasteiger partial charge is 0.464 e. The monoisotopic (exact) mass is 267 g/mol. The smallest absolute Gasteiger partial charge is 0.331 e. The normalized spacial score (nSPS) is 18.2. The molecule has 0 radical (unpaired) electrons. The molecule has 1 aliphatic rings. The van der Waals surface area contributed by atoms with Crippen LogP contribution in [-0.2, 0) is 15.1 Å². The van der Waals surface area contributed by atoms with Crippen LogP contribution in [0.15, 0.2) is 24.3 Å². The minimum Gasteiger partial charge on any atom is -0.464 e. The lowest BCUT2D eigenvalue weighted by Crippen LogP contribution is -2.50. The van der Waals surface area contributed by atoms with Gasteiger partial charge in [-0.05, 0) is 50.4 Å². The maximum absolute atomic E-state index is 12.3. The van der Waals surface area contributed by atoms with Gasteiger partial charge in [0, 0.05) is 5.02 Å². The predicted octanol–water partition coefficient (Wildman–Crippen LogP) is 2.73. The molecule has 1 N–H and O–H groups in total. The number of hydrogen-bond acceptors (Lipinski definition) is 3. The van der Waals surface area contributed by atoms with Crippen LogP contribution in [0.25, 0.3) is 0 Å². The Balaban J connectivity index is 2.40. The Morgan fingerprint density at radius 3 is 2.50 bits per heavy atom. The van der Waals surface area contributed by atoms with E-state index in [0.717, 1.165) is 18.4 Å². The second-order valence-corrected chi connectivity index (χ2v) is 5.00. The van der Waals surface area contributed by atoms with E-state index in [1.165, 1.54) is 0 Å². The summed E-state index contributed by atoms with van der Waals surface area (Å²) in [4.78, 5) is 12.3. The number of carbonyl (C=O) groups is 1. The highest BCUT2D eigenvalue weighted by atomic mass is 35.5. The van der Waals surface area contributed by atoms with Gasteiger partial charge in [0.05, 0.1) is 6.61 Å². The Morgan fingerprint density at radius 2 is 2.06 bits per heavy atom. The second-order valence-electron chi connectivity index (χ2n) is 4.56. The van der Waals surface area contributed by atoms with Crippen molar-refractivity contribution in [3.63, 3.8) is 0 Å². The summed E-state index contributed by atoms with van der Waals surface area (Å²) in [6.45, 7) is 2.22. The Kier molecular flexibility index (Phi) is 3.93. The Bertz CT molecular complexity index is 428. The molecule has 0 bridgehead atoms. The lowest BCUT2D eigenvalue weighted by molar-refractivity contribution is -0.152. The molecular formula is C14H18ClNO2. The number of rotatable bonds is 5. The standard InChI is InChI=1S/C14H18ClNO2/c1-3-18-13(17)14(16-2,10-4-5-10)11-6-8-12(15)9-7-11/h6-10,16H,3-5H2,1-2H3. The number of halogens is 1. The molecule has 0 saturated heterocycles. The molecule has 0 aromatic heterocycles. The van der Waals surface area contributed by atoms with Gasteiger partial charge >= 0.3 is 5.97 Å². The molecule has 98 valence electrons. The number of esters is 1. The van der Waals surface area contributed by atoms with Crippen molar-refractivity contribution >= 4 is 17.6 Å². The molecule has 1 atom stereocenters. The molecule has 0 aliphatic heterocycles. The van der Waals surface area contributed by atoms with Gasteiger partial charge in [-0.15, -0.1) is 0 Å². The maximum Gasteiger partial charge on any atom is 0.331 e. The van der Waals surface area contributed by atoms with Gasteiger partial charge in [-0.3, -0.25) is 0 Å². The summed E-state index contributed by atoms with van der Waals surface area (Å²) in [7, 11) is 1.81. The molecule has 1 aliphatic carbocycles. The van der Waals surface area contributed by atoms with Crippen LogP contribution in [0, 0.1) is 5.92 Å². The van der Waals surface area contributed by atoms with Crippen LogP contribution in [0.2, 0.25) is 5.02 Å². The summed E-state index contributed by atoms with van der Waals surface area (Å²) in [5, 5.41) is 3.85. The molecule has 1 unspecified atom stereocenters. The Hall–Kier alpha value is -1.06. The molecule has 1 fully saturated rings. The molecule has 3 nitrogen and oxygen atoms in total. The molecule has 1 saturated carbocycles. The molecule has 0 heterocycles. The zero-order valence-corrected chi connectivity index (χ0v) is 11.5. The molecule has 4 heteroatoms. The zero-order valence-electron chi connectivity index (χ0n) is 10.7. The first kappa shape index (κ1) is 13.4. The SMILES string of the molecule is CCOC(=O)C(NC)(c1ccc(Cl)cc1)C1CC1. The predicted molar refractivity (Wildman–Crippen MR) is 71.5 cm³/mol. The number of hydrogen-bond donors (Lipinski definition) is 1. The van der Waals surface area contributed by atoms with Crippen LogP contribution >= 0.6 is 11.6 Å². The highest BCUT2D eigenvalue weighted by Crippen LogP contribution is 2.46. The van der Waals surface area contributed by atoms with Gasteiger partial charge in [-0.1, -0.05) is 23.7 Å². The highest BCUT2D eigenvalue weighted by molar-refractivity contribution is 6.30.